The maximum atomic E-state index is 12.3. The lowest BCUT2D eigenvalue weighted by atomic mass is 10.1. The van der Waals surface area contributed by atoms with E-state index in [1.54, 1.807) is 42.5 Å². The normalized spacial score (nSPS) is 15.6. The molecule has 0 bridgehead atoms. The van der Waals surface area contributed by atoms with Crippen molar-refractivity contribution in [3.8, 4) is 11.3 Å². The second-order valence-corrected chi connectivity index (χ2v) is 6.59. The van der Waals surface area contributed by atoms with Gasteiger partial charge in [0.1, 0.15) is 11.5 Å². The van der Waals surface area contributed by atoms with Gasteiger partial charge >= 0.3 is 5.97 Å². The van der Waals surface area contributed by atoms with E-state index in [9.17, 15) is 14.4 Å². The molecule has 2 aromatic rings. The quantitative estimate of drug-likeness (QED) is 0.554. The summed E-state index contributed by atoms with van der Waals surface area (Å²) in [5.74, 6) is 0.267. The van der Waals surface area contributed by atoms with Crippen molar-refractivity contribution >= 4 is 35.0 Å². The van der Waals surface area contributed by atoms with Crippen LogP contribution in [0.1, 0.15) is 16.1 Å². The number of hydrogen-bond acceptors (Lipinski definition) is 7. The van der Waals surface area contributed by atoms with Crippen molar-refractivity contribution in [3.05, 3.63) is 52.6 Å². The molecule has 8 heteroatoms. The van der Waals surface area contributed by atoms with Gasteiger partial charge in [0.2, 0.25) is 0 Å². The van der Waals surface area contributed by atoms with Crippen LogP contribution in [-0.4, -0.2) is 49.4 Å². The molecule has 0 unspecified atom stereocenters. The van der Waals surface area contributed by atoms with Crippen LogP contribution in [0.15, 0.2) is 45.7 Å². The summed E-state index contributed by atoms with van der Waals surface area (Å²) >= 11 is 0.871. The highest BCUT2D eigenvalue weighted by Crippen LogP contribution is 2.33. The van der Waals surface area contributed by atoms with Gasteiger partial charge in [-0.05, 0) is 36.0 Å². The molecule has 2 heterocycles. The van der Waals surface area contributed by atoms with Crippen molar-refractivity contribution in [2.24, 2.45) is 0 Å². The predicted octanol–water partition coefficient (Wildman–Crippen LogP) is 3.42. The molecule has 0 spiro atoms. The topological polar surface area (TPSA) is 86.1 Å². The Kier molecular flexibility index (Phi) is 5.78. The van der Waals surface area contributed by atoms with E-state index in [4.69, 9.17) is 9.15 Å². The molecule has 1 fully saturated rings. The fraction of sp³-hybridized carbons (Fsp3) is 0.211. The first-order valence-corrected chi connectivity index (χ1v) is 8.88. The Labute approximate surface area is 159 Å². The van der Waals surface area contributed by atoms with E-state index < -0.39 is 5.97 Å². The van der Waals surface area contributed by atoms with Crippen LogP contribution in [0.4, 0.5) is 4.79 Å². The zero-order chi connectivity index (χ0) is 19.4. The van der Waals surface area contributed by atoms with E-state index in [-0.39, 0.29) is 24.3 Å². The average Bonchev–Trinajstić information content (AvgIpc) is 3.25. The zero-order valence-electron chi connectivity index (χ0n) is 14.8. The third kappa shape index (κ3) is 4.12. The molecular formula is C19H17NO6S. The number of methoxy groups -OCH3 is 2. The molecule has 0 atom stereocenters. The van der Waals surface area contributed by atoms with Gasteiger partial charge in [0.25, 0.3) is 11.1 Å². The largest absolute Gasteiger partial charge is 0.465 e. The van der Waals surface area contributed by atoms with Crippen molar-refractivity contribution in [1.82, 2.24) is 4.90 Å². The van der Waals surface area contributed by atoms with Crippen LogP contribution in [0.3, 0.4) is 0 Å². The number of carbonyl (C=O) groups is 3. The Morgan fingerprint density at radius 3 is 2.56 bits per heavy atom. The van der Waals surface area contributed by atoms with Gasteiger partial charge in [-0.2, -0.15) is 0 Å². The van der Waals surface area contributed by atoms with Crippen LogP contribution in [0.5, 0.6) is 0 Å². The number of esters is 1. The number of imide groups is 1. The first kappa shape index (κ1) is 18.9. The molecule has 2 amide bonds. The smallest absolute Gasteiger partial charge is 0.337 e. The molecular weight excluding hydrogens is 370 g/mol. The number of hydrogen-bond donors (Lipinski definition) is 0. The van der Waals surface area contributed by atoms with Crippen LogP contribution in [0.25, 0.3) is 17.4 Å². The highest BCUT2D eigenvalue weighted by Gasteiger charge is 2.34. The molecule has 0 saturated carbocycles. The van der Waals surface area contributed by atoms with Crippen LogP contribution in [0.2, 0.25) is 0 Å². The second-order valence-electron chi connectivity index (χ2n) is 5.60. The number of amides is 2. The third-order valence-electron chi connectivity index (χ3n) is 3.88. The lowest BCUT2D eigenvalue weighted by Gasteiger charge is -2.10. The summed E-state index contributed by atoms with van der Waals surface area (Å²) in [6, 6.07) is 10.2. The summed E-state index contributed by atoms with van der Waals surface area (Å²) in [5, 5.41) is -0.325. The summed E-state index contributed by atoms with van der Waals surface area (Å²) in [4.78, 5) is 37.2. The lowest BCUT2D eigenvalue weighted by Crippen LogP contribution is -2.31. The van der Waals surface area contributed by atoms with Crippen LogP contribution < -0.4 is 0 Å². The van der Waals surface area contributed by atoms with Gasteiger partial charge in [0, 0.05) is 18.7 Å². The summed E-state index contributed by atoms with van der Waals surface area (Å²) in [6.07, 6.45) is 1.55. The Morgan fingerprint density at radius 1 is 1.15 bits per heavy atom. The van der Waals surface area contributed by atoms with Crippen LogP contribution >= 0.6 is 11.8 Å². The maximum Gasteiger partial charge on any atom is 0.337 e. The van der Waals surface area contributed by atoms with Crippen LogP contribution in [-0.2, 0) is 14.3 Å². The summed E-state index contributed by atoms with van der Waals surface area (Å²) in [5.41, 5.74) is 1.22. The number of thioether (sulfide) groups is 1. The molecule has 1 aliphatic heterocycles. The lowest BCUT2D eigenvalue weighted by molar-refractivity contribution is -0.123. The third-order valence-corrected chi connectivity index (χ3v) is 4.79. The summed E-state index contributed by atoms with van der Waals surface area (Å²) in [6.45, 7) is 0.506. The Morgan fingerprint density at radius 2 is 1.89 bits per heavy atom. The average molecular weight is 387 g/mol. The minimum atomic E-state index is -0.411. The highest BCUT2D eigenvalue weighted by molar-refractivity contribution is 8.18. The van der Waals surface area contributed by atoms with E-state index >= 15 is 0 Å². The van der Waals surface area contributed by atoms with Crippen molar-refractivity contribution in [1.29, 1.82) is 0 Å². The van der Waals surface area contributed by atoms with Gasteiger partial charge in [-0.15, -0.1) is 0 Å². The number of carbonyl (C=O) groups excluding carboxylic acids is 3. The number of ether oxygens (including phenoxy) is 2. The van der Waals surface area contributed by atoms with E-state index in [0.717, 1.165) is 22.2 Å². The number of benzene rings is 1. The van der Waals surface area contributed by atoms with Gasteiger partial charge in [-0.1, -0.05) is 12.1 Å². The fourth-order valence-electron chi connectivity index (χ4n) is 2.48. The van der Waals surface area contributed by atoms with E-state index in [2.05, 4.69) is 4.74 Å². The Bertz CT molecular complexity index is 899. The molecule has 1 aromatic carbocycles. The molecule has 1 saturated heterocycles. The molecule has 1 aliphatic rings. The molecule has 1 aromatic heterocycles. The fourth-order valence-corrected chi connectivity index (χ4v) is 3.32. The Balaban J connectivity index is 1.76. The van der Waals surface area contributed by atoms with E-state index in [0.29, 0.717) is 22.0 Å². The van der Waals surface area contributed by atoms with Crippen molar-refractivity contribution in [2.45, 2.75) is 0 Å². The number of nitrogens with zero attached hydrogens (tertiary/aromatic N) is 1. The van der Waals surface area contributed by atoms with Gasteiger partial charge < -0.3 is 13.9 Å². The van der Waals surface area contributed by atoms with Crippen molar-refractivity contribution in [3.63, 3.8) is 0 Å². The minimum Gasteiger partial charge on any atom is -0.465 e. The predicted molar refractivity (Wildman–Crippen MR) is 100 cm³/mol. The van der Waals surface area contributed by atoms with Gasteiger partial charge in [-0.3, -0.25) is 14.5 Å². The number of furan rings is 1. The minimum absolute atomic E-state index is 0.217. The Hall–Kier alpha value is -2.84. The summed E-state index contributed by atoms with van der Waals surface area (Å²) < 4.78 is 15.3. The molecule has 27 heavy (non-hydrogen) atoms. The van der Waals surface area contributed by atoms with Gasteiger partial charge in [0.15, 0.2) is 0 Å². The molecule has 3 rings (SSSR count). The first-order chi connectivity index (χ1) is 13.0. The second kappa shape index (κ2) is 8.24. The van der Waals surface area contributed by atoms with E-state index in [1.165, 1.54) is 14.2 Å². The van der Waals surface area contributed by atoms with Crippen molar-refractivity contribution < 1.29 is 28.3 Å². The molecule has 140 valence electrons. The van der Waals surface area contributed by atoms with Gasteiger partial charge in [0.05, 0.1) is 30.7 Å². The standard InChI is InChI=1S/C19H17NO6S/c1-24-10-9-20-17(21)16(27-19(20)23)11-14-7-8-15(26-14)12-3-5-13(6-4-12)18(22)25-2/h3-8,11H,9-10H2,1-2H3/b16-11+. The zero-order valence-corrected chi connectivity index (χ0v) is 15.6. The molecule has 7 nitrogen and oxygen atoms in total. The summed E-state index contributed by atoms with van der Waals surface area (Å²) in [7, 11) is 2.84. The monoisotopic (exact) mass is 387 g/mol. The van der Waals surface area contributed by atoms with Gasteiger partial charge in [-0.25, -0.2) is 4.79 Å². The molecule has 0 N–H and O–H groups in total. The first-order valence-electron chi connectivity index (χ1n) is 8.06. The SMILES string of the molecule is COCCN1C(=O)S/C(=C/c2ccc(-c3ccc(C(=O)OC)cc3)o2)C1=O. The van der Waals surface area contributed by atoms with Crippen LogP contribution in [0, 0.1) is 0 Å². The number of rotatable bonds is 6. The van der Waals surface area contributed by atoms with E-state index in [1.807, 2.05) is 0 Å². The molecule has 0 radical (unpaired) electrons. The maximum absolute atomic E-state index is 12.3. The van der Waals surface area contributed by atoms with Crippen molar-refractivity contribution in [2.75, 3.05) is 27.4 Å². The highest BCUT2D eigenvalue weighted by atomic mass is 32.2. The molecule has 0 aliphatic carbocycles.